The van der Waals surface area contributed by atoms with Crippen LogP contribution in [-0.2, 0) is 0 Å². The van der Waals surface area contributed by atoms with Gasteiger partial charge in [0, 0.05) is 11.1 Å². The minimum absolute atomic E-state index is 0.0451. The fourth-order valence-corrected chi connectivity index (χ4v) is 2.56. The van der Waals surface area contributed by atoms with Crippen LogP contribution in [0.15, 0.2) is 34.8 Å². The summed E-state index contributed by atoms with van der Waals surface area (Å²) in [5.41, 5.74) is 0.855. The number of nitrogens with one attached hydrogen (secondary N) is 1. The van der Waals surface area contributed by atoms with Crippen LogP contribution in [-0.4, -0.2) is 6.54 Å². The van der Waals surface area contributed by atoms with E-state index in [2.05, 4.69) is 21.2 Å². The second kappa shape index (κ2) is 6.62. The third kappa shape index (κ3) is 3.30. The maximum Gasteiger partial charge on any atom is 0.137 e. The molecule has 1 nitrogen and oxygen atoms in total. The molecule has 0 saturated heterocycles. The molecule has 2 rings (SSSR count). The summed E-state index contributed by atoms with van der Waals surface area (Å²) in [5.74, 6) is -1.58. The van der Waals surface area contributed by atoms with Crippen LogP contribution in [0.5, 0.6) is 0 Å². The fourth-order valence-electron chi connectivity index (χ4n) is 2.24. The van der Waals surface area contributed by atoms with Crippen LogP contribution in [0.4, 0.5) is 13.2 Å². The highest BCUT2D eigenvalue weighted by Crippen LogP contribution is 2.30. The maximum absolute atomic E-state index is 14.3. The van der Waals surface area contributed by atoms with Crippen LogP contribution in [0.3, 0.4) is 0 Å². The Morgan fingerprint density at radius 2 is 1.81 bits per heavy atom. The highest BCUT2D eigenvalue weighted by Gasteiger charge is 2.22. The summed E-state index contributed by atoms with van der Waals surface area (Å²) in [5, 5.41) is 3.01. The second-order valence-corrected chi connectivity index (χ2v) is 5.61. The third-order valence-electron chi connectivity index (χ3n) is 3.29. The van der Waals surface area contributed by atoms with Crippen LogP contribution < -0.4 is 5.32 Å². The van der Waals surface area contributed by atoms with Gasteiger partial charge in [0.25, 0.3) is 0 Å². The number of halogens is 4. The Kier molecular flexibility index (Phi) is 5.06. The summed E-state index contributed by atoms with van der Waals surface area (Å²) in [4.78, 5) is 0. The van der Waals surface area contributed by atoms with E-state index < -0.39 is 23.5 Å². The third-order valence-corrected chi connectivity index (χ3v) is 3.90. The summed E-state index contributed by atoms with van der Waals surface area (Å²) < 4.78 is 42.2. The Balaban J connectivity index is 2.59. The molecule has 2 aromatic carbocycles. The highest BCUT2D eigenvalue weighted by atomic mass is 79.9. The Hall–Kier alpha value is -1.33. The molecule has 0 saturated carbocycles. The molecule has 0 spiro atoms. The van der Waals surface area contributed by atoms with Gasteiger partial charge in [-0.2, -0.15) is 0 Å². The van der Waals surface area contributed by atoms with Crippen molar-refractivity contribution in [1.29, 1.82) is 0 Å². The Morgan fingerprint density at radius 3 is 2.48 bits per heavy atom. The molecule has 0 amide bonds. The molecular formula is C16H15BrF3N. The van der Waals surface area contributed by atoms with Gasteiger partial charge in [0.15, 0.2) is 0 Å². The molecule has 2 aromatic rings. The molecule has 0 aliphatic heterocycles. The van der Waals surface area contributed by atoms with E-state index >= 15 is 0 Å². The van der Waals surface area contributed by atoms with Gasteiger partial charge in [-0.3, -0.25) is 0 Å². The normalized spacial score (nSPS) is 12.5. The van der Waals surface area contributed by atoms with E-state index in [1.807, 2.05) is 6.92 Å². The minimum Gasteiger partial charge on any atom is -0.306 e. The Morgan fingerprint density at radius 1 is 1.10 bits per heavy atom. The van der Waals surface area contributed by atoms with E-state index in [1.165, 1.54) is 0 Å². The average molecular weight is 358 g/mol. The molecule has 0 bridgehead atoms. The first kappa shape index (κ1) is 16.0. The molecule has 0 fully saturated rings. The van der Waals surface area contributed by atoms with Crippen molar-refractivity contribution < 1.29 is 13.2 Å². The van der Waals surface area contributed by atoms with Gasteiger partial charge in [0.05, 0.1) is 10.5 Å². The molecule has 0 aliphatic rings. The van der Waals surface area contributed by atoms with Gasteiger partial charge in [-0.15, -0.1) is 0 Å². The van der Waals surface area contributed by atoms with E-state index in [1.54, 1.807) is 25.1 Å². The largest absolute Gasteiger partial charge is 0.306 e. The van der Waals surface area contributed by atoms with Crippen molar-refractivity contribution in [2.75, 3.05) is 6.54 Å². The van der Waals surface area contributed by atoms with E-state index in [0.717, 1.165) is 12.1 Å². The lowest BCUT2D eigenvalue weighted by Gasteiger charge is -2.21. The molecule has 21 heavy (non-hydrogen) atoms. The lowest BCUT2D eigenvalue weighted by Crippen LogP contribution is -2.24. The fraction of sp³-hybridized carbons (Fsp3) is 0.250. The van der Waals surface area contributed by atoms with Gasteiger partial charge in [-0.05, 0) is 47.1 Å². The van der Waals surface area contributed by atoms with Crippen LogP contribution >= 0.6 is 15.9 Å². The minimum atomic E-state index is -0.738. The molecule has 0 heterocycles. The Bertz CT molecular complexity index is 658. The number of aryl methyl sites for hydroxylation is 1. The van der Waals surface area contributed by atoms with E-state index in [9.17, 15) is 13.2 Å². The first-order chi connectivity index (χ1) is 9.95. The van der Waals surface area contributed by atoms with Crippen LogP contribution in [0.2, 0.25) is 0 Å². The first-order valence-electron chi connectivity index (χ1n) is 6.58. The number of benzene rings is 2. The molecule has 1 N–H and O–H groups in total. The molecule has 1 unspecified atom stereocenters. The SMILES string of the molecule is CCNC(c1cc(F)c(Br)cc1F)c1cccc(C)c1F. The Labute approximate surface area is 130 Å². The number of hydrogen-bond acceptors (Lipinski definition) is 1. The van der Waals surface area contributed by atoms with E-state index in [4.69, 9.17) is 0 Å². The van der Waals surface area contributed by atoms with Crippen LogP contribution in [0, 0.1) is 24.4 Å². The summed E-state index contributed by atoms with van der Waals surface area (Å²) in [6, 6.07) is 6.33. The van der Waals surface area contributed by atoms with Crippen molar-refractivity contribution in [3.05, 3.63) is 68.9 Å². The molecule has 112 valence electrons. The van der Waals surface area contributed by atoms with Gasteiger partial charge >= 0.3 is 0 Å². The lowest BCUT2D eigenvalue weighted by molar-refractivity contribution is 0.519. The molecule has 1 atom stereocenters. The first-order valence-corrected chi connectivity index (χ1v) is 7.37. The van der Waals surface area contributed by atoms with Crippen LogP contribution in [0.25, 0.3) is 0 Å². The quantitative estimate of drug-likeness (QED) is 0.769. The number of hydrogen-bond donors (Lipinski definition) is 1. The molecule has 0 radical (unpaired) electrons. The average Bonchev–Trinajstić information content (AvgIpc) is 2.44. The molecular weight excluding hydrogens is 343 g/mol. The van der Waals surface area contributed by atoms with Crippen molar-refractivity contribution >= 4 is 15.9 Å². The standard InChI is InChI=1S/C16H15BrF3N/c1-3-21-16(10-6-4-5-9(2)15(10)20)11-7-14(19)12(17)8-13(11)18/h4-8,16,21H,3H2,1-2H3. The lowest BCUT2D eigenvalue weighted by atomic mass is 9.96. The zero-order valence-corrected chi connectivity index (χ0v) is 13.3. The molecule has 5 heteroatoms. The van der Waals surface area contributed by atoms with Crippen molar-refractivity contribution in [2.45, 2.75) is 19.9 Å². The molecule has 0 aromatic heterocycles. The summed E-state index contributed by atoms with van der Waals surface area (Å²) >= 11 is 2.94. The van der Waals surface area contributed by atoms with Crippen molar-refractivity contribution in [3.8, 4) is 0 Å². The summed E-state index contributed by atoms with van der Waals surface area (Å²) in [7, 11) is 0. The second-order valence-electron chi connectivity index (χ2n) is 4.76. The van der Waals surface area contributed by atoms with Gasteiger partial charge in [-0.25, -0.2) is 13.2 Å². The van der Waals surface area contributed by atoms with Crippen molar-refractivity contribution in [1.82, 2.24) is 5.32 Å². The van der Waals surface area contributed by atoms with Gasteiger partial charge in [0.1, 0.15) is 17.5 Å². The predicted molar refractivity (Wildman–Crippen MR) is 80.7 cm³/mol. The smallest absolute Gasteiger partial charge is 0.137 e. The highest BCUT2D eigenvalue weighted by molar-refractivity contribution is 9.10. The van der Waals surface area contributed by atoms with Crippen molar-refractivity contribution in [2.24, 2.45) is 0 Å². The molecule has 0 aliphatic carbocycles. The monoisotopic (exact) mass is 357 g/mol. The van der Waals surface area contributed by atoms with Gasteiger partial charge in [0.2, 0.25) is 0 Å². The summed E-state index contributed by atoms with van der Waals surface area (Å²) in [6.45, 7) is 3.96. The van der Waals surface area contributed by atoms with Crippen LogP contribution in [0.1, 0.15) is 29.7 Å². The number of rotatable bonds is 4. The summed E-state index contributed by atoms with van der Waals surface area (Å²) in [6.07, 6.45) is 0. The zero-order valence-electron chi connectivity index (χ0n) is 11.7. The maximum atomic E-state index is 14.3. The van der Waals surface area contributed by atoms with Gasteiger partial charge in [-0.1, -0.05) is 25.1 Å². The zero-order chi connectivity index (χ0) is 15.6. The van der Waals surface area contributed by atoms with E-state index in [0.29, 0.717) is 17.7 Å². The van der Waals surface area contributed by atoms with Gasteiger partial charge < -0.3 is 5.32 Å². The topological polar surface area (TPSA) is 12.0 Å². The van der Waals surface area contributed by atoms with E-state index in [-0.39, 0.29) is 10.0 Å². The van der Waals surface area contributed by atoms with Crippen molar-refractivity contribution in [3.63, 3.8) is 0 Å². The predicted octanol–water partition coefficient (Wildman–Crippen LogP) is 4.87.